The van der Waals surface area contributed by atoms with Gasteiger partial charge in [0.15, 0.2) is 24.6 Å². The Bertz CT molecular complexity index is 1750. The lowest BCUT2D eigenvalue weighted by Crippen LogP contribution is -2.61. The minimum absolute atomic E-state index is 0.0465. The van der Waals surface area contributed by atoms with E-state index < -0.39 is 67.3 Å². The first-order valence-corrected chi connectivity index (χ1v) is 29.9. The van der Waals surface area contributed by atoms with Crippen molar-refractivity contribution >= 4 is 23.9 Å². The molecule has 1 saturated heterocycles. The monoisotopic (exact) mass is 1080 g/mol. The predicted molar refractivity (Wildman–Crippen MR) is 312 cm³/mol. The molecule has 0 saturated carbocycles. The lowest BCUT2D eigenvalue weighted by molar-refractivity contribution is -0.301. The van der Waals surface area contributed by atoms with E-state index in [1.807, 2.05) is 18.2 Å². The highest BCUT2D eigenvalue weighted by Gasteiger charge is 2.50. The number of aliphatic hydroxyl groups excluding tert-OH is 2. The van der Waals surface area contributed by atoms with Crippen LogP contribution in [0.15, 0.2) is 109 Å². The topological polar surface area (TPSA) is 175 Å². The van der Waals surface area contributed by atoms with Crippen LogP contribution in [0.25, 0.3) is 0 Å². The minimum atomic E-state index is -1.92. The molecule has 1 aliphatic rings. The van der Waals surface area contributed by atoms with Crippen molar-refractivity contribution in [3.05, 3.63) is 109 Å². The molecule has 1 fully saturated rings. The van der Waals surface area contributed by atoms with Gasteiger partial charge in [-0.25, -0.2) is 4.79 Å². The van der Waals surface area contributed by atoms with Gasteiger partial charge < -0.3 is 39.0 Å². The van der Waals surface area contributed by atoms with Crippen LogP contribution in [-0.2, 0) is 42.9 Å². The Morgan fingerprint density at radius 3 is 1.31 bits per heavy atom. The Morgan fingerprint density at radius 2 is 0.857 bits per heavy atom. The summed E-state index contributed by atoms with van der Waals surface area (Å²) in [4.78, 5) is 51.1. The number of aliphatic carboxylic acids is 1. The third-order valence-electron chi connectivity index (χ3n) is 12.9. The van der Waals surface area contributed by atoms with E-state index >= 15 is 0 Å². The third-order valence-corrected chi connectivity index (χ3v) is 12.9. The van der Waals surface area contributed by atoms with Crippen molar-refractivity contribution in [3.63, 3.8) is 0 Å². The molecule has 0 aliphatic carbocycles. The van der Waals surface area contributed by atoms with E-state index in [1.54, 1.807) is 6.08 Å². The normalized spacial score (nSPS) is 18.8. The number of esters is 3. The number of unbranched alkanes of at least 4 members (excludes halogenated alkanes) is 18. The van der Waals surface area contributed by atoms with E-state index in [4.69, 9.17) is 23.7 Å². The molecule has 12 heteroatoms. The van der Waals surface area contributed by atoms with Gasteiger partial charge >= 0.3 is 23.9 Å². The van der Waals surface area contributed by atoms with Crippen LogP contribution in [0.4, 0.5) is 0 Å². The highest BCUT2D eigenvalue weighted by molar-refractivity contribution is 5.74. The summed E-state index contributed by atoms with van der Waals surface area (Å²) in [6.07, 6.45) is 58.0. The molecule has 0 aromatic rings. The molecule has 0 aromatic carbocycles. The molecule has 1 aliphatic heterocycles. The van der Waals surface area contributed by atoms with Gasteiger partial charge in [0.2, 0.25) is 0 Å². The Morgan fingerprint density at radius 1 is 0.455 bits per heavy atom. The number of carboxylic acid groups (broad SMARTS) is 1. The van der Waals surface area contributed by atoms with E-state index in [0.29, 0.717) is 19.3 Å². The van der Waals surface area contributed by atoms with Gasteiger partial charge in [-0.05, 0) is 83.5 Å². The maximum absolute atomic E-state index is 13.1. The van der Waals surface area contributed by atoms with Gasteiger partial charge in [-0.1, -0.05) is 233 Å². The molecule has 436 valence electrons. The number of hydrogen-bond donors (Lipinski definition) is 3. The molecule has 0 radical (unpaired) electrons. The van der Waals surface area contributed by atoms with Gasteiger partial charge in [0.05, 0.1) is 13.0 Å². The highest BCUT2D eigenvalue weighted by Crippen LogP contribution is 2.26. The van der Waals surface area contributed by atoms with Crippen LogP contribution in [0.3, 0.4) is 0 Å². The van der Waals surface area contributed by atoms with E-state index in [2.05, 4.69) is 106 Å². The molecule has 6 atom stereocenters. The zero-order valence-electron chi connectivity index (χ0n) is 47.9. The van der Waals surface area contributed by atoms with Crippen LogP contribution in [0.1, 0.15) is 226 Å². The molecule has 6 unspecified atom stereocenters. The number of carbonyl (C=O) groups is 4. The van der Waals surface area contributed by atoms with Crippen molar-refractivity contribution in [2.75, 3.05) is 13.2 Å². The maximum Gasteiger partial charge on any atom is 0.335 e. The fourth-order valence-corrected chi connectivity index (χ4v) is 8.38. The fourth-order valence-electron chi connectivity index (χ4n) is 8.38. The van der Waals surface area contributed by atoms with Crippen LogP contribution in [-0.4, -0.2) is 89.2 Å². The molecule has 12 nitrogen and oxygen atoms in total. The molecule has 3 N–H and O–H groups in total. The zero-order chi connectivity index (χ0) is 56.1. The Labute approximate surface area is 465 Å². The van der Waals surface area contributed by atoms with Crippen LogP contribution < -0.4 is 0 Å². The first-order valence-electron chi connectivity index (χ1n) is 29.9. The first-order chi connectivity index (χ1) is 37.6. The van der Waals surface area contributed by atoms with Gasteiger partial charge in [0.25, 0.3) is 0 Å². The van der Waals surface area contributed by atoms with E-state index in [-0.39, 0.29) is 25.9 Å². The Hall–Kier alpha value is -4.62. The molecule has 1 rings (SSSR count). The van der Waals surface area contributed by atoms with Gasteiger partial charge in [-0.2, -0.15) is 0 Å². The summed E-state index contributed by atoms with van der Waals surface area (Å²) in [7, 11) is 0. The molecule has 0 bridgehead atoms. The Balaban J connectivity index is 2.74. The minimum Gasteiger partial charge on any atom is -0.479 e. The summed E-state index contributed by atoms with van der Waals surface area (Å²) < 4.78 is 28.3. The summed E-state index contributed by atoms with van der Waals surface area (Å²) >= 11 is 0. The fraction of sp³-hybridized carbons (Fsp3) is 0.662. The quantitative estimate of drug-likeness (QED) is 0.0228. The number of hydrogen-bond acceptors (Lipinski definition) is 11. The van der Waals surface area contributed by atoms with Crippen LogP contribution >= 0.6 is 0 Å². The van der Waals surface area contributed by atoms with Crippen molar-refractivity contribution in [3.8, 4) is 0 Å². The highest BCUT2D eigenvalue weighted by atomic mass is 16.7. The van der Waals surface area contributed by atoms with Gasteiger partial charge in [-0.15, -0.1) is 0 Å². The molecule has 0 amide bonds. The van der Waals surface area contributed by atoms with Crippen molar-refractivity contribution in [1.82, 2.24) is 0 Å². The number of aliphatic hydroxyl groups is 2. The van der Waals surface area contributed by atoms with Crippen molar-refractivity contribution in [1.29, 1.82) is 0 Å². The van der Waals surface area contributed by atoms with Gasteiger partial charge in [0.1, 0.15) is 18.8 Å². The van der Waals surface area contributed by atoms with Crippen molar-refractivity contribution in [2.45, 2.75) is 263 Å². The number of allylic oxidation sites excluding steroid dienone is 17. The summed E-state index contributed by atoms with van der Waals surface area (Å²) in [5.74, 6) is -3.31. The largest absolute Gasteiger partial charge is 0.479 e. The van der Waals surface area contributed by atoms with E-state index in [9.17, 15) is 34.5 Å². The second kappa shape index (κ2) is 52.1. The summed E-state index contributed by atoms with van der Waals surface area (Å²) in [5.41, 5.74) is 0. The molecule has 0 spiro atoms. The third kappa shape index (κ3) is 42.1. The van der Waals surface area contributed by atoms with E-state index in [1.165, 1.54) is 51.4 Å². The molecule has 77 heavy (non-hydrogen) atoms. The van der Waals surface area contributed by atoms with Crippen molar-refractivity contribution in [2.24, 2.45) is 0 Å². The first kappa shape index (κ1) is 70.4. The smallest absolute Gasteiger partial charge is 0.335 e. The van der Waals surface area contributed by atoms with E-state index in [0.717, 1.165) is 116 Å². The number of carbonyl (C=O) groups excluding carboxylic acids is 3. The van der Waals surface area contributed by atoms with Crippen LogP contribution in [0, 0.1) is 0 Å². The summed E-state index contributed by atoms with van der Waals surface area (Å²) in [6.45, 7) is 5.66. The number of rotatable bonds is 49. The molecular weight excluding hydrogens is 973 g/mol. The molecule has 1 heterocycles. The lowest BCUT2D eigenvalue weighted by Gasteiger charge is -2.40. The standard InChI is InChI=1S/C65H104O12/c1-4-7-10-13-16-19-22-25-27-28-29-30-32-34-36-39-42-45-48-51-57(66)73-54-56(75-58(67)52-49-46-43-40-38-35-31-26-23-20-17-14-11-8-5-2)55-74-65-63(61(70)60(69)62(77-65)64(71)72)76-59(68)53-50-47-44-41-37-33-24-21-18-15-12-9-6-3/h7-8,10-11,16-17,19-20,25-27,29-31,38,40,46,49,56,60-63,65,69-70H,4-6,9,12-15,18,21-24,28,32-37,39,41-45,47-48,50-55H2,1-3H3,(H,71,72)/b10-7-,11-8-,19-16-,20-17-,27-25-,30-29-,31-26-,40-38-,49-46-. The van der Waals surface area contributed by atoms with Gasteiger partial charge in [-0.3, -0.25) is 14.4 Å². The molecule has 0 aromatic heterocycles. The number of ether oxygens (including phenoxy) is 5. The molecular formula is C65H104O12. The zero-order valence-corrected chi connectivity index (χ0v) is 47.9. The second-order valence-corrected chi connectivity index (χ2v) is 19.9. The maximum atomic E-state index is 13.1. The van der Waals surface area contributed by atoms with Crippen LogP contribution in [0.2, 0.25) is 0 Å². The average molecular weight is 1080 g/mol. The van der Waals surface area contributed by atoms with Crippen molar-refractivity contribution < 1.29 is 58.2 Å². The SMILES string of the molecule is CC/C=C\C/C=C\C/C=C\C/C=C\C/C=C\CC(=O)OC(COC(=O)CCCCCCCC/C=C\C/C=C\C/C=C\C/C=C\CC)COC1OC(C(=O)O)C(O)C(O)C1OC(=O)CCCCCCCCCCCCCCC. The lowest BCUT2D eigenvalue weighted by atomic mass is 9.98. The summed E-state index contributed by atoms with van der Waals surface area (Å²) in [5, 5.41) is 31.5. The summed E-state index contributed by atoms with van der Waals surface area (Å²) in [6, 6.07) is 0. The number of carboxylic acids is 1. The average Bonchev–Trinajstić information content (AvgIpc) is 3.41. The Kier molecular flexibility index (Phi) is 47.6. The second-order valence-electron chi connectivity index (χ2n) is 19.9. The van der Waals surface area contributed by atoms with Gasteiger partial charge in [0, 0.05) is 12.8 Å². The predicted octanol–water partition coefficient (Wildman–Crippen LogP) is 15.4. The van der Waals surface area contributed by atoms with Crippen LogP contribution in [0.5, 0.6) is 0 Å².